The molecule has 0 atom stereocenters. The molecule has 2 nitrogen and oxygen atoms in total. The first kappa shape index (κ1) is 15.3. The summed E-state index contributed by atoms with van der Waals surface area (Å²) in [5, 5.41) is 0.579. The monoisotopic (exact) mass is 322 g/mol. The molecule has 0 spiro atoms. The number of hydrogen-bond donors (Lipinski definition) is 0. The molecule has 0 N–H and O–H groups in total. The number of methoxy groups -OCH3 is 1. The van der Waals surface area contributed by atoms with Gasteiger partial charge in [0.25, 0.3) is 0 Å². The molecule has 0 bridgehead atoms. The second-order valence-electron chi connectivity index (χ2n) is 5.10. The van der Waals surface area contributed by atoms with Crippen molar-refractivity contribution in [3.63, 3.8) is 0 Å². The fourth-order valence-corrected chi connectivity index (χ4v) is 2.84. The molecule has 0 aliphatic carbocycles. The van der Waals surface area contributed by atoms with Crippen LogP contribution in [0.4, 0.5) is 0 Å². The maximum atomic E-state index is 12.4. The largest absolute Gasteiger partial charge is 0.465 e. The van der Waals surface area contributed by atoms with E-state index in [0.717, 1.165) is 22.3 Å². The molecule has 0 saturated heterocycles. The van der Waals surface area contributed by atoms with E-state index in [1.165, 1.54) is 7.11 Å². The summed E-state index contributed by atoms with van der Waals surface area (Å²) in [6.45, 7) is 0. The van der Waals surface area contributed by atoms with Gasteiger partial charge in [-0.2, -0.15) is 0 Å². The molecule has 0 aromatic heterocycles. The van der Waals surface area contributed by atoms with Crippen LogP contribution >= 0.6 is 11.6 Å². The van der Waals surface area contributed by atoms with Crippen LogP contribution in [-0.2, 0) is 4.74 Å². The number of esters is 1. The fourth-order valence-electron chi connectivity index (χ4n) is 2.62. The van der Waals surface area contributed by atoms with Gasteiger partial charge in [-0.15, -0.1) is 0 Å². The number of halogens is 1. The molecule has 0 saturated carbocycles. The standard InChI is InChI=1S/C20H15ClO2/c1-23-20(22)19-17(14-8-4-2-5-9-14)12-16(21)13-18(19)15-10-6-3-7-11-15/h2-13H,1H3. The van der Waals surface area contributed by atoms with Gasteiger partial charge in [0.1, 0.15) is 0 Å². The van der Waals surface area contributed by atoms with Gasteiger partial charge in [-0.1, -0.05) is 72.3 Å². The summed E-state index contributed by atoms with van der Waals surface area (Å²) in [4.78, 5) is 12.4. The van der Waals surface area contributed by atoms with Crippen LogP contribution in [0.15, 0.2) is 72.8 Å². The van der Waals surface area contributed by atoms with E-state index >= 15 is 0 Å². The van der Waals surface area contributed by atoms with Crippen LogP contribution in [-0.4, -0.2) is 13.1 Å². The van der Waals surface area contributed by atoms with Crippen molar-refractivity contribution < 1.29 is 9.53 Å². The molecule has 23 heavy (non-hydrogen) atoms. The molecule has 0 aliphatic heterocycles. The Morgan fingerprint density at radius 2 is 1.26 bits per heavy atom. The number of rotatable bonds is 3. The zero-order chi connectivity index (χ0) is 16.2. The minimum atomic E-state index is -0.376. The Morgan fingerprint density at radius 3 is 1.65 bits per heavy atom. The lowest BCUT2D eigenvalue weighted by atomic mass is 9.92. The smallest absolute Gasteiger partial charge is 0.339 e. The van der Waals surface area contributed by atoms with Gasteiger partial charge in [-0.05, 0) is 34.4 Å². The highest BCUT2D eigenvalue weighted by molar-refractivity contribution is 6.31. The van der Waals surface area contributed by atoms with Gasteiger partial charge in [-0.25, -0.2) is 4.79 Å². The summed E-state index contributed by atoms with van der Waals surface area (Å²) in [6, 6.07) is 23.0. The van der Waals surface area contributed by atoms with E-state index in [4.69, 9.17) is 16.3 Å². The van der Waals surface area contributed by atoms with Gasteiger partial charge >= 0.3 is 5.97 Å². The molecular weight excluding hydrogens is 308 g/mol. The van der Waals surface area contributed by atoms with Crippen molar-refractivity contribution in [1.82, 2.24) is 0 Å². The third-order valence-corrected chi connectivity index (χ3v) is 3.88. The van der Waals surface area contributed by atoms with Gasteiger partial charge in [-0.3, -0.25) is 0 Å². The number of carbonyl (C=O) groups is 1. The average molecular weight is 323 g/mol. The van der Waals surface area contributed by atoms with Gasteiger partial charge in [0, 0.05) is 5.02 Å². The summed E-state index contributed by atoms with van der Waals surface area (Å²) >= 11 is 6.32. The first-order valence-electron chi connectivity index (χ1n) is 7.23. The van der Waals surface area contributed by atoms with Crippen LogP contribution in [0.25, 0.3) is 22.3 Å². The Kier molecular flexibility index (Phi) is 4.45. The lowest BCUT2D eigenvalue weighted by molar-refractivity contribution is 0.0602. The molecule has 0 unspecified atom stereocenters. The Morgan fingerprint density at radius 1 is 0.826 bits per heavy atom. The van der Waals surface area contributed by atoms with Crippen molar-refractivity contribution in [2.75, 3.05) is 7.11 Å². The van der Waals surface area contributed by atoms with E-state index in [9.17, 15) is 4.79 Å². The van der Waals surface area contributed by atoms with Crippen molar-refractivity contribution in [2.45, 2.75) is 0 Å². The topological polar surface area (TPSA) is 26.3 Å². The predicted octanol–water partition coefficient (Wildman–Crippen LogP) is 5.46. The van der Waals surface area contributed by atoms with Crippen molar-refractivity contribution in [1.29, 1.82) is 0 Å². The maximum absolute atomic E-state index is 12.4. The van der Waals surface area contributed by atoms with Crippen LogP contribution in [0, 0.1) is 0 Å². The molecule has 114 valence electrons. The maximum Gasteiger partial charge on any atom is 0.339 e. The summed E-state index contributed by atoms with van der Waals surface area (Å²) < 4.78 is 5.02. The predicted molar refractivity (Wildman–Crippen MR) is 93.7 cm³/mol. The van der Waals surface area contributed by atoms with Gasteiger partial charge < -0.3 is 4.74 Å². The molecule has 3 aromatic rings. The third kappa shape index (κ3) is 3.13. The van der Waals surface area contributed by atoms with Crippen molar-refractivity contribution >= 4 is 17.6 Å². The molecule has 3 rings (SSSR count). The second kappa shape index (κ2) is 6.67. The third-order valence-electron chi connectivity index (χ3n) is 3.66. The lowest BCUT2D eigenvalue weighted by Crippen LogP contribution is -2.06. The van der Waals surface area contributed by atoms with E-state index in [-0.39, 0.29) is 5.97 Å². The summed E-state index contributed by atoms with van der Waals surface area (Å²) in [7, 11) is 1.39. The quantitative estimate of drug-likeness (QED) is 0.598. The van der Waals surface area contributed by atoms with Crippen molar-refractivity contribution in [2.24, 2.45) is 0 Å². The summed E-state index contributed by atoms with van der Waals surface area (Å²) in [6.07, 6.45) is 0. The number of carbonyl (C=O) groups excluding carboxylic acids is 1. The van der Waals surface area contributed by atoms with Crippen LogP contribution in [0.1, 0.15) is 10.4 Å². The number of benzene rings is 3. The highest BCUT2D eigenvalue weighted by Gasteiger charge is 2.20. The SMILES string of the molecule is COC(=O)c1c(-c2ccccc2)cc(Cl)cc1-c1ccccc1. The first-order valence-corrected chi connectivity index (χ1v) is 7.61. The Bertz CT molecular complexity index is 766. The van der Waals surface area contributed by atoms with E-state index in [0.29, 0.717) is 10.6 Å². The summed E-state index contributed by atoms with van der Waals surface area (Å²) in [5.74, 6) is -0.376. The first-order chi connectivity index (χ1) is 11.2. The molecule has 3 heteroatoms. The zero-order valence-corrected chi connectivity index (χ0v) is 13.4. The molecule has 0 amide bonds. The van der Waals surface area contributed by atoms with E-state index in [1.807, 2.05) is 60.7 Å². The van der Waals surface area contributed by atoms with E-state index in [1.54, 1.807) is 12.1 Å². The van der Waals surface area contributed by atoms with E-state index < -0.39 is 0 Å². The Labute approximate surface area is 140 Å². The highest BCUT2D eigenvalue weighted by atomic mass is 35.5. The molecule has 0 radical (unpaired) electrons. The molecule has 0 heterocycles. The average Bonchev–Trinajstić information content (AvgIpc) is 2.62. The normalized spacial score (nSPS) is 10.3. The highest BCUT2D eigenvalue weighted by Crippen LogP contribution is 2.36. The second-order valence-corrected chi connectivity index (χ2v) is 5.54. The fraction of sp³-hybridized carbons (Fsp3) is 0.0500. The van der Waals surface area contributed by atoms with Crippen LogP contribution in [0.2, 0.25) is 5.02 Å². The zero-order valence-electron chi connectivity index (χ0n) is 12.6. The number of hydrogen-bond acceptors (Lipinski definition) is 2. The van der Waals surface area contributed by atoms with Crippen molar-refractivity contribution in [3.05, 3.63) is 83.4 Å². The molecule has 0 fully saturated rings. The van der Waals surface area contributed by atoms with E-state index in [2.05, 4.69) is 0 Å². The van der Waals surface area contributed by atoms with Crippen LogP contribution in [0.5, 0.6) is 0 Å². The van der Waals surface area contributed by atoms with Gasteiger partial charge in [0.05, 0.1) is 12.7 Å². The van der Waals surface area contributed by atoms with Crippen LogP contribution < -0.4 is 0 Å². The minimum Gasteiger partial charge on any atom is -0.465 e. The van der Waals surface area contributed by atoms with Crippen LogP contribution in [0.3, 0.4) is 0 Å². The molecular formula is C20H15ClO2. The van der Waals surface area contributed by atoms with Crippen molar-refractivity contribution in [3.8, 4) is 22.3 Å². The summed E-state index contributed by atoms with van der Waals surface area (Å²) in [5.41, 5.74) is 3.90. The minimum absolute atomic E-state index is 0.376. The molecule has 3 aromatic carbocycles. The molecule has 0 aliphatic rings. The van der Waals surface area contributed by atoms with Gasteiger partial charge in [0.2, 0.25) is 0 Å². The Hall–Kier alpha value is -2.58. The van der Waals surface area contributed by atoms with Gasteiger partial charge in [0.15, 0.2) is 0 Å². The lowest BCUT2D eigenvalue weighted by Gasteiger charge is -2.15. The Balaban J connectivity index is 2.32. The number of ether oxygens (including phenoxy) is 1.